The highest BCUT2D eigenvalue weighted by Crippen LogP contribution is 2.39. The molecular weight excluding hydrogens is 352 g/mol. The van der Waals surface area contributed by atoms with Gasteiger partial charge >= 0.3 is 0 Å². The molecule has 0 amide bonds. The van der Waals surface area contributed by atoms with E-state index in [0.29, 0.717) is 5.92 Å². The second-order valence-electron chi connectivity index (χ2n) is 7.62. The average molecular weight is 376 g/mol. The summed E-state index contributed by atoms with van der Waals surface area (Å²) in [6, 6.07) is 6.24. The van der Waals surface area contributed by atoms with Gasteiger partial charge in [-0.3, -0.25) is 0 Å². The maximum absolute atomic E-state index is 4.53. The summed E-state index contributed by atoms with van der Waals surface area (Å²) in [6.07, 6.45) is 5.85. The number of hydrogen-bond donors (Lipinski definition) is 0. The molecule has 1 saturated heterocycles. The first-order valence-corrected chi connectivity index (χ1v) is 9.85. The highest BCUT2D eigenvalue weighted by Gasteiger charge is 2.26. The fraction of sp³-hybridized carbons (Fsp3) is 0.450. The number of rotatable bonds is 4. The number of piperazine rings is 1. The molecule has 0 spiro atoms. The lowest BCUT2D eigenvalue weighted by Gasteiger charge is -2.36. The van der Waals surface area contributed by atoms with Crippen LogP contribution in [0.1, 0.15) is 35.8 Å². The van der Waals surface area contributed by atoms with Crippen LogP contribution in [0, 0.1) is 13.8 Å². The van der Waals surface area contributed by atoms with Gasteiger partial charge in [-0.05, 0) is 32.8 Å². The molecule has 4 heterocycles. The van der Waals surface area contributed by atoms with Crippen molar-refractivity contribution in [3.8, 4) is 5.82 Å². The van der Waals surface area contributed by atoms with Gasteiger partial charge in [-0.15, -0.1) is 0 Å². The minimum Gasteiger partial charge on any atom is -0.353 e. The normalized spacial score (nSPS) is 17.2. The van der Waals surface area contributed by atoms with Gasteiger partial charge in [0.15, 0.2) is 5.82 Å². The second-order valence-corrected chi connectivity index (χ2v) is 7.62. The zero-order chi connectivity index (χ0) is 19.1. The van der Waals surface area contributed by atoms with Crippen molar-refractivity contribution < 1.29 is 0 Å². The molecule has 1 saturated carbocycles. The number of nitrogens with zero attached hydrogens (tertiary/aromatic N) is 8. The zero-order valence-electron chi connectivity index (χ0n) is 16.3. The molecular formula is C20H24N8. The first-order valence-electron chi connectivity index (χ1n) is 9.85. The quantitative estimate of drug-likeness (QED) is 0.691. The van der Waals surface area contributed by atoms with E-state index >= 15 is 0 Å². The van der Waals surface area contributed by atoms with Gasteiger partial charge in [0.2, 0.25) is 0 Å². The van der Waals surface area contributed by atoms with Gasteiger partial charge in [-0.2, -0.15) is 5.10 Å². The van der Waals surface area contributed by atoms with Gasteiger partial charge in [0.05, 0.1) is 5.69 Å². The highest BCUT2D eigenvalue weighted by molar-refractivity contribution is 5.48. The molecule has 5 rings (SSSR count). The molecule has 0 bridgehead atoms. The molecule has 0 radical (unpaired) electrons. The van der Waals surface area contributed by atoms with Crippen LogP contribution in [0.25, 0.3) is 5.82 Å². The molecule has 1 aliphatic heterocycles. The molecule has 28 heavy (non-hydrogen) atoms. The lowest BCUT2D eigenvalue weighted by molar-refractivity contribution is 0.638. The van der Waals surface area contributed by atoms with E-state index in [1.807, 2.05) is 24.6 Å². The molecule has 3 aromatic rings. The first-order chi connectivity index (χ1) is 13.7. The standard InChI is InChI=1S/C20H24N8/c1-14-9-15(2)28(25-14)20-11-19(23-13-24-20)27-7-5-26(6-8-27)18-10-17(16-3-4-16)21-12-22-18/h9-13,16H,3-8H2,1-2H3. The van der Waals surface area contributed by atoms with Crippen molar-refractivity contribution in [1.82, 2.24) is 29.7 Å². The van der Waals surface area contributed by atoms with Gasteiger partial charge in [-0.1, -0.05) is 0 Å². The third-order valence-electron chi connectivity index (χ3n) is 5.46. The highest BCUT2D eigenvalue weighted by atomic mass is 15.3. The molecule has 2 fully saturated rings. The predicted molar refractivity (Wildman–Crippen MR) is 107 cm³/mol. The summed E-state index contributed by atoms with van der Waals surface area (Å²) >= 11 is 0. The topological polar surface area (TPSA) is 75.9 Å². The zero-order valence-corrected chi connectivity index (χ0v) is 16.3. The smallest absolute Gasteiger partial charge is 0.159 e. The van der Waals surface area contributed by atoms with E-state index in [1.54, 1.807) is 12.7 Å². The Kier molecular flexibility index (Phi) is 4.18. The fourth-order valence-electron chi connectivity index (χ4n) is 3.79. The monoisotopic (exact) mass is 376 g/mol. The molecule has 144 valence electrons. The molecule has 3 aromatic heterocycles. The van der Waals surface area contributed by atoms with E-state index in [2.05, 4.69) is 47.0 Å². The van der Waals surface area contributed by atoms with E-state index in [-0.39, 0.29) is 0 Å². The van der Waals surface area contributed by atoms with Crippen LogP contribution in [-0.2, 0) is 0 Å². The van der Waals surface area contributed by atoms with Crippen LogP contribution in [0.2, 0.25) is 0 Å². The van der Waals surface area contributed by atoms with Crippen LogP contribution >= 0.6 is 0 Å². The van der Waals surface area contributed by atoms with Crippen LogP contribution in [-0.4, -0.2) is 55.9 Å². The lowest BCUT2D eigenvalue weighted by Crippen LogP contribution is -2.47. The molecule has 0 N–H and O–H groups in total. The predicted octanol–water partition coefficient (Wildman–Crippen LogP) is 2.27. The van der Waals surface area contributed by atoms with E-state index in [4.69, 9.17) is 0 Å². The van der Waals surface area contributed by atoms with Gasteiger partial charge in [-0.25, -0.2) is 24.6 Å². The summed E-state index contributed by atoms with van der Waals surface area (Å²) in [5.74, 6) is 3.45. The van der Waals surface area contributed by atoms with Crippen LogP contribution in [0.5, 0.6) is 0 Å². The summed E-state index contributed by atoms with van der Waals surface area (Å²) in [7, 11) is 0. The van der Waals surface area contributed by atoms with E-state index in [9.17, 15) is 0 Å². The number of anilines is 2. The summed E-state index contributed by atoms with van der Waals surface area (Å²) in [5, 5.41) is 4.53. The average Bonchev–Trinajstić information content (AvgIpc) is 3.52. The molecule has 2 aliphatic rings. The number of aromatic nitrogens is 6. The Morgan fingerprint density at radius 3 is 1.96 bits per heavy atom. The maximum atomic E-state index is 4.53. The van der Waals surface area contributed by atoms with Crippen molar-refractivity contribution in [1.29, 1.82) is 0 Å². The summed E-state index contributed by atoms with van der Waals surface area (Å²) in [4.78, 5) is 22.5. The van der Waals surface area contributed by atoms with Crippen molar-refractivity contribution in [2.75, 3.05) is 36.0 Å². The Morgan fingerprint density at radius 2 is 1.36 bits per heavy atom. The SMILES string of the molecule is Cc1cc(C)n(-c2cc(N3CCN(c4cc(C5CC5)ncn4)CC3)ncn2)n1. The van der Waals surface area contributed by atoms with Crippen LogP contribution in [0.3, 0.4) is 0 Å². The third kappa shape index (κ3) is 3.30. The Bertz CT molecular complexity index is 985. The molecule has 1 aliphatic carbocycles. The largest absolute Gasteiger partial charge is 0.353 e. The van der Waals surface area contributed by atoms with E-state index in [1.165, 1.54) is 18.5 Å². The summed E-state index contributed by atoms with van der Waals surface area (Å²) in [6.45, 7) is 7.66. The van der Waals surface area contributed by atoms with Crippen LogP contribution in [0.4, 0.5) is 11.6 Å². The molecule has 0 aromatic carbocycles. The molecule has 0 unspecified atom stereocenters. The fourth-order valence-corrected chi connectivity index (χ4v) is 3.79. The second kappa shape index (κ2) is 6.85. The van der Waals surface area contributed by atoms with Crippen LogP contribution in [0.15, 0.2) is 30.9 Å². The van der Waals surface area contributed by atoms with E-state index < -0.39 is 0 Å². The van der Waals surface area contributed by atoms with Gasteiger partial charge in [0, 0.05) is 55.6 Å². The maximum Gasteiger partial charge on any atom is 0.159 e. The first kappa shape index (κ1) is 17.1. The Hall–Kier alpha value is -3.03. The van der Waals surface area contributed by atoms with Gasteiger partial charge < -0.3 is 9.80 Å². The van der Waals surface area contributed by atoms with Crippen molar-refractivity contribution in [3.63, 3.8) is 0 Å². The Morgan fingerprint density at radius 1 is 0.750 bits per heavy atom. The van der Waals surface area contributed by atoms with Gasteiger partial charge in [0.1, 0.15) is 24.3 Å². The van der Waals surface area contributed by atoms with Crippen molar-refractivity contribution in [2.45, 2.75) is 32.6 Å². The summed E-state index contributed by atoms with van der Waals surface area (Å²) < 4.78 is 1.87. The lowest BCUT2D eigenvalue weighted by atomic mass is 10.2. The molecule has 0 atom stereocenters. The minimum absolute atomic E-state index is 0.650. The number of aryl methyl sites for hydroxylation is 2. The molecule has 8 nitrogen and oxygen atoms in total. The Labute approximate surface area is 164 Å². The third-order valence-corrected chi connectivity index (χ3v) is 5.46. The Balaban J connectivity index is 1.30. The van der Waals surface area contributed by atoms with Crippen molar-refractivity contribution >= 4 is 11.6 Å². The number of hydrogen-bond acceptors (Lipinski definition) is 7. The molecule has 8 heteroatoms. The van der Waals surface area contributed by atoms with Gasteiger partial charge in [0.25, 0.3) is 0 Å². The summed E-state index contributed by atoms with van der Waals surface area (Å²) in [5.41, 5.74) is 3.25. The van der Waals surface area contributed by atoms with Crippen LogP contribution < -0.4 is 9.80 Å². The van der Waals surface area contributed by atoms with Crippen molar-refractivity contribution in [2.24, 2.45) is 0 Å². The van der Waals surface area contributed by atoms with E-state index in [0.717, 1.165) is 55.0 Å². The minimum atomic E-state index is 0.650. The van der Waals surface area contributed by atoms with Crippen molar-refractivity contribution in [3.05, 3.63) is 47.9 Å².